The summed E-state index contributed by atoms with van der Waals surface area (Å²) in [6, 6.07) is 21.3. The summed E-state index contributed by atoms with van der Waals surface area (Å²) in [5.74, 6) is 0.335. The minimum absolute atomic E-state index is 0.0384. The second-order valence-electron chi connectivity index (χ2n) is 10.4. The molecule has 214 valence electrons. The Morgan fingerprint density at radius 1 is 1.00 bits per heavy atom. The number of fused-ring (bicyclic) bond motifs is 3. The maximum absolute atomic E-state index is 12.9. The first-order chi connectivity index (χ1) is 20.5. The van der Waals surface area contributed by atoms with E-state index < -0.39 is 12.1 Å². The number of nitrogens with zero attached hydrogens (tertiary/aromatic N) is 1. The molecular formula is C34H32N2O6. The monoisotopic (exact) mass is 564 g/mol. The van der Waals surface area contributed by atoms with Crippen LogP contribution in [-0.4, -0.2) is 43.0 Å². The summed E-state index contributed by atoms with van der Waals surface area (Å²) in [4.78, 5) is 30.2. The third-order valence-corrected chi connectivity index (χ3v) is 7.63. The minimum atomic E-state index is -0.536. The molecular weight excluding hydrogens is 532 g/mol. The van der Waals surface area contributed by atoms with Crippen LogP contribution < -0.4 is 10.1 Å². The highest BCUT2D eigenvalue weighted by molar-refractivity contribution is 5.99. The largest absolute Gasteiger partial charge is 0.488 e. The predicted octanol–water partition coefficient (Wildman–Crippen LogP) is 6.72. The lowest BCUT2D eigenvalue weighted by Gasteiger charge is -2.17. The number of esters is 1. The van der Waals surface area contributed by atoms with Crippen LogP contribution in [0.1, 0.15) is 46.1 Å². The first-order valence-electron chi connectivity index (χ1n) is 14.2. The molecule has 1 aliphatic heterocycles. The Morgan fingerprint density at radius 2 is 1.86 bits per heavy atom. The van der Waals surface area contributed by atoms with E-state index in [1.54, 1.807) is 13.1 Å². The van der Waals surface area contributed by atoms with Gasteiger partial charge in [-0.25, -0.2) is 14.6 Å². The Hall–Kier alpha value is -4.69. The third kappa shape index (κ3) is 5.58. The van der Waals surface area contributed by atoms with Crippen LogP contribution in [0.4, 0.5) is 10.5 Å². The third-order valence-electron chi connectivity index (χ3n) is 7.63. The molecule has 1 atom stereocenters. The van der Waals surface area contributed by atoms with Crippen LogP contribution in [0.2, 0.25) is 0 Å². The van der Waals surface area contributed by atoms with Gasteiger partial charge in [-0.15, -0.1) is 0 Å². The van der Waals surface area contributed by atoms with Crippen molar-refractivity contribution in [3.8, 4) is 28.0 Å². The molecule has 1 fully saturated rings. The van der Waals surface area contributed by atoms with Gasteiger partial charge in [-0.1, -0.05) is 48.5 Å². The SMILES string of the molecule is CCOC(=O)c1ncc(-c2cccc(NC(=O)OCc3ccccc3)c2C)c2c1Cc1cc(OC3CCOC3)ccc1-2. The summed E-state index contributed by atoms with van der Waals surface area (Å²) in [5, 5.41) is 2.88. The number of carbonyl (C=O) groups excluding carboxylic acids is 2. The molecule has 8 nitrogen and oxygen atoms in total. The number of aromatic nitrogens is 1. The number of anilines is 1. The number of carbonyl (C=O) groups is 2. The van der Waals surface area contributed by atoms with Crippen molar-refractivity contribution in [2.24, 2.45) is 0 Å². The van der Waals surface area contributed by atoms with Gasteiger partial charge in [-0.3, -0.25) is 5.32 Å². The van der Waals surface area contributed by atoms with Crippen LogP contribution in [0.5, 0.6) is 5.75 Å². The summed E-state index contributed by atoms with van der Waals surface area (Å²) in [6.45, 7) is 5.46. The molecule has 1 N–H and O–H groups in total. The van der Waals surface area contributed by atoms with Crippen molar-refractivity contribution < 1.29 is 28.5 Å². The van der Waals surface area contributed by atoms with Crippen molar-refractivity contribution in [1.29, 1.82) is 0 Å². The van der Waals surface area contributed by atoms with Crippen molar-refractivity contribution >= 4 is 17.7 Å². The number of pyridine rings is 1. The Kier molecular flexibility index (Phi) is 7.88. The first-order valence-corrected chi connectivity index (χ1v) is 14.2. The van der Waals surface area contributed by atoms with Crippen LogP contribution in [0.15, 0.2) is 72.9 Å². The van der Waals surface area contributed by atoms with Crippen LogP contribution in [-0.2, 0) is 27.2 Å². The highest BCUT2D eigenvalue weighted by Crippen LogP contribution is 2.46. The molecule has 1 saturated heterocycles. The van der Waals surface area contributed by atoms with Crippen LogP contribution in [0, 0.1) is 6.92 Å². The second-order valence-corrected chi connectivity index (χ2v) is 10.4. The van der Waals surface area contributed by atoms with Gasteiger partial charge < -0.3 is 18.9 Å². The number of benzene rings is 3. The molecule has 0 saturated carbocycles. The van der Waals surface area contributed by atoms with Crippen LogP contribution >= 0.6 is 0 Å². The Labute approximate surface area is 244 Å². The zero-order valence-corrected chi connectivity index (χ0v) is 23.6. The molecule has 2 aliphatic rings. The molecule has 1 amide bonds. The van der Waals surface area contributed by atoms with E-state index in [4.69, 9.17) is 18.9 Å². The maximum Gasteiger partial charge on any atom is 0.411 e. The van der Waals surface area contributed by atoms with Crippen molar-refractivity contribution in [2.75, 3.05) is 25.1 Å². The van der Waals surface area contributed by atoms with Gasteiger partial charge in [0.25, 0.3) is 0 Å². The van der Waals surface area contributed by atoms with Gasteiger partial charge in [0, 0.05) is 30.3 Å². The van der Waals surface area contributed by atoms with Crippen molar-refractivity contribution in [1.82, 2.24) is 4.98 Å². The van der Waals surface area contributed by atoms with Gasteiger partial charge >= 0.3 is 12.1 Å². The lowest BCUT2D eigenvalue weighted by atomic mass is 9.92. The topological polar surface area (TPSA) is 96.0 Å². The van der Waals surface area contributed by atoms with E-state index in [0.29, 0.717) is 31.0 Å². The Morgan fingerprint density at radius 3 is 2.64 bits per heavy atom. The number of hydrogen-bond acceptors (Lipinski definition) is 7. The van der Waals surface area contributed by atoms with E-state index in [9.17, 15) is 9.59 Å². The van der Waals surface area contributed by atoms with Crippen LogP contribution in [0.3, 0.4) is 0 Å². The number of amides is 1. The molecule has 6 rings (SSSR count). The van der Waals surface area contributed by atoms with E-state index in [-0.39, 0.29) is 19.3 Å². The van der Waals surface area contributed by atoms with E-state index in [1.165, 1.54) is 0 Å². The summed E-state index contributed by atoms with van der Waals surface area (Å²) in [6.07, 6.45) is 2.62. The van der Waals surface area contributed by atoms with E-state index in [2.05, 4.69) is 10.3 Å². The summed E-state index contributed by atoms with van der Waals surface area (Å²) in [5.41, 5.74) is 8.31. The quantitative estimate of drug-likeness (QED) is 0.209. The summed E-state index contributed by atoms with van der Waals surface area (Å²) < 4.78 is 22.4. The zero-order valence-electron chi connectivity index (χ0n) is 23.6. The number of nitrogens with one attached hydrogen (secondary N) is 1. The fourth-order valence-corrected chi connectivity index (χ4v) is 5.57. The highest BCUT2D eigenvalue weighted by atomic mass is 16.6. The smallest absolute Gasteiger partial charge is 0.411 e. The van der Waals surface area contributed by atoms with Crippen molar-refractivity contribution in [2.45, 2.75) is 39.4 Å². The fourth-order valence-electron chi connectivity index (χ4n) is 5.57. The van der Waals surface area contributed by atoms with Crippen molar-refractivity contribution in [3.05, 3.63) is 101 Å². The average Bonchev–Trinajstić information content (AvgIpc) is 3.65. The first kappa shape index (κ1) is 27.5. The molecule has 42 heavy (non-hydrogen) atoms. The normalized spacial score (nSPS) is 15.0. The van der Waals surface area contributed by atoms with Crippen LogP contribution in [0.25, 0.3) is 22.3 Å². The average molecular weight is 565 g/mol. The van der Waals surface area contributed by atoms with E-state index in [0.717, 1.165) is 56.7 Å². The molecule has 1 aliphatic carbocycles. The standard InChI is InChI=1S/C34H32N2O6/c1-3-40-33(37)32-28-17-23-16-24(42-25-14-15-39-20-25)12-13-27(23)31(28)29(18-35-32)26-10-7-11-30(21(26)2)36-34(38)41-19-22-8-5-4-6-9-22/h4-13,16,18,25H,3,14-15,17,19-20H2,1-2H3,(H,36,38). The van der Waals surface area contributed by atoms with E-state index >= 15 is 0 Å². The molecule has 1 unspecified atom stereocenters. The Bertz CT molecular complexity index is 1630. The minimum Gasteiger partial charge on any atom is -0.488 e. The lowest BCUT2D eigenvalue weighted by Crippen LogP contribution is -2.15. The zero-order chi connectivity index (χ0) is 29.1. The van der Waals surface area contributed by atoms with Gasteiger partial charge in [-0.05, 0) is 71.0 Å². The predicted molar refractivity (Wildman–Crippen MR) is 159 cm³/mol. The second kappa shape index (κ2) is 12.0. The Balaban J connectivity index is 1.33. The molecule has 1 aromatic heterocycles. The molecule has 4 aromatic rings. The molecule has 8 heteroatoms. The molecule has 3 aromatic carbocycles. The van der Waals surface area contributed by atoms with Gasteiger partial charge in [-0.2, -0.15) is 0 Å². The number of ether oxygens (including phenoxy) is 4. The van der Waals surface area contributed by atoms with Gasteiger partial charge in [0.2, 0.25) is 0 Å². The molecule has 2 heterocycles. The van der Waals surface area contributed by atoms with Gasteiger partial charge in [0.05, 0.1) is 19.8 Å². The fraction of sp³-hybridized carbons (Fsp3) is 0.265. The summed E-state index contributed by atoms with van der Waals surface area (Å²) >= 11 is 0. The molecule has 0 radical (unpaired) electrons. The van der Waals surface area contributed by atoms with Gasteiger partial charge in [0.15, 0.2) is 5.69 Å². The lowest BCUT2D eigenvalue weighted by molar-refractivity contribution is 0.0518. The molecule has 0 spiro atoms. The maximum atomic E-state index is 12.9. The van der Waals surface area contributed by atoms with Gasteiger partial charge in [0.1, 0.15) is 18.5 Å². The van der Waals surface area contributed by atoms with Crippen molar-refractivity contribution in [3.63, 3.8) is 0 Å². The summed E-state index contributed by atoms with van der Waals surface area (Å²) in [7, 11) is 0. The highest BCUT2D eigenvalue weighted by Gasteiger charge is 2.30. The molecule has 0 bridgehead atoms. The number of rotatable bonds is 8. The number of hydrogen-bond donors (Lipinski definition) is 1. The van der Waals surface area contributed by atoms with E-state index in [1.807, 2.05) is 73.7 Å².